The molecule has 1 aliphatic rings. The molecule has 1 aromatic heterocycles. The molecule has 2 heterocycles. The number of hydrogen-bond acceptors (Lipinski definition) is 7. The fourth-order valence-electron chi connectivity index (χ4n) is 2.39. The average molecular weight is 337 g/mol. The fourth-order valence-corrected chi connectivity index (χ4v) is 3.96. The van der Waals surface area contributed by atoms with Gasteiger partial charge in [-0.25, -0.2) is 0 Å². The van der Waals surface area contributed by atoms with Crippen LogP contribution in [0.3, 0.4) is 0 Å². The Morgan fingerprint density at radius 3 is 3.05 bits per heavy atom. The minimum absolute atomic E-state index is 0.0102. The Balaban J connectivity index is 1.62. The first-order valence-corrected chi connectivity index (χ1v) is 8.65. The van der Waals surface area contributed by atoms with Gasteiger partial charge in [-0.1, -0.05) is 0 Å². The van der Waals surface area contributed by atoms with Gasteiger partial charge in [-0.3, -0.25) is 9.59 Å². The summed E-state index contributed by atoms with van der Waals surface area (Å²) in [5, 5.41) is 0.285. The third-order valence-corrected chi connectivity index (χ3v) is 5.41. The molecule has 1 aromatic carbocycles. The van der Waals surface area contributed by atoms with E-state index in [9.17, 15) is 9.59 Å². The van der Waals surface area contributed by atoms with Crippen LogP contribution in [0.2, 0.25) is 0 Å². The van der Waals surface area contributed by atoms with Gasteiger partial charge in [0.1, 0.15) is 11.0 Å². The largest absolute Gasteiger partial charge is 0.468 e. The lowest BCUT2D eigenvalue weighted by molar-refractivity contribution is -0.137. The summed E-state index contributed by atoms with van der Waals surface area (Å²) < 4.78 is 12.9. The molecule has 1 atom stereocenters. The van der Waals surface area contributed by atoms with E-state index < -0.39 is 0 Å². The molecule has 0 spiro atoms. The highest BCUT2D eigenvalue weighted by molar-refractivity contribution is 8.00. The topological polar surface area (TPSA) is 72.4 Å². The first kappa shape index (κ1) is 15.2. The Kier molecular flexibility index (Phi) is 4.58. The van der Waals surface area contributed by atoms with Gasteiger partial charge in [0.25, 0.3) is 5.91 Å². The van der Waals surface area contributed by atoms with Crippen molar-refractivity contribution in [2.45, 2.75) is 11.7 Å². The van der Waals surface area contributed by atoms with Crippen LogP contribution in [0.25, 0.3) is 11.0 Å². The van der Waals surface area contributed by atoms with Crippen molar-refractivity contribution in [3.63, 3.8) is 0 Å². The molecule has 0 unspecified atom stereocenters. The smallest absolute Gasteiger partial charge is 0.315 e. The van der Waals surface area contributed by atoms with Crippen molar-refractivity contribution >= 4 is 46.4 Å². The van der Waals surface area contributed by atoms with Crippen LogP contribution in [-0.4, -0.2) is 56.7 Å². The van der Waals surface area contributed by atoms with Crippen molar-refractivity contribution in [2.24, 2.45) is 0 Å². The second-order valence-electron chi connectivity index (χ2n) is 5.02. The predicted octanol–water partition coefficient (Wildman–Crippen LogP) is 1.81. The van der Waals surface area contributed by atoms with Crippen LogP contribution in [-0.2, 0) is 9.53 Å². The Morgan fingerprint density at radius 1 is 1.41 bits per heavy atom. The second kappa shape index (κ2) is 6.62. The van der Waals surface area contributed by atoms with E-state index >= 15 is 0 Å². The Morgan fingerprint density at radius 2 is 2.23 bits per heavy atom. The SMILES string of the molecule is COC(=O)CS[C@@H]1CCN(C(=O)c2ccc3nsnc3c2)C1. The molecule has 0 saturated carbocycles. The van der Waals surface area contributed by atoms with E-state index in [2.05, 4.69) is 13.5 Å². The summed E-state index contributed by atoms with van der Waals surface area (Å²) in [5.74, 6) is 0.118. The normalized spacial score (nSPS) is 17.9. The molecule has 6 nitrogen and oxygen atoms in total. The number of hydrogen-bond donors (Lipinski definition) is 0. The third-order valence-electron chi connectivity index (χ3n) is 3.60. The number of carbonyl (C=O) groups excluding carboxylic acids is 2. The maximum absolute atomic E-state index is 12.5. The maximum atomic E-state index is 12.5. The van der Waals surface area contributed by atoms with E-state index in [-0.39, 0.29) is 17.1 Å². The van der Waals surface area contributed by atoms with E-state index in [0.717, 1.165) is 29.2 Å². The number of rotatable bonds is 4. The number of benzene rings is 1. The van der Waals surface area contributed by atoms with Crippen molar-refractivity contribution in [1.29, 1.82) is 0 Å². The molecule has 1 aliphatic heterocycles. The fraction of sp³-hybridized carbons (Fsp3) is 0.429. The quantitative estimate of drug-likeness (QED) is 0.793. The Hall–Kier alpha value is -1.67. The number of likely N-dealkylation sites (tertiary alicyclic amines) is 1. The van der Waals surface area contributed by atoms with E-state index in [4.69, 9.17) is 0 Å². The number of esters is 1. The van der Waals surface area contributed by atoms with Gasteiger partial charge in [-0.2, -0.15) is 8.75 Å². The number of carbonyl (C=O) groups is 2. The highest BCUT2D eigenvalue weighted by atomic mass is 32.2. The average Bonchev–Trinajstić information content (AvgIpc) is 3.19. The van der Waals surface area contributed by atoms with Crippen molar-refractivity contribution in [3.05, 3.63) is 23.8 Å². The van der Waals surface area contributed by atoms with Crippen LogP contribution in [0.15, 0.2) is 18.2 Å². The van der Waals surface area contributed by atoms with Gasteiger partial charge >= 0.3 is 5.97 Å². The minimum atomic E-state index is -0.226. The Labute approximate surface area is 136 Å². The molecule has 0 bridgehead atoms. The first-order chi connectivity index (χ1) is 10.7. The molecule has 8 heteroatoms. The molecule has 0 aliphatic carbocycles. The molecule has 2 aromatic rings. The van der Waals surface area contributed by atoms with Gasteiger partial charge in [0, 0.05) is 23.9 Å². The number of amides is 1. The van der Waals surface area contributed by atoms with E-state index in [1.54, 1.807) is 23.9 Å². The van der Waals surface area contributed by atoms with Gasteiger partial charge < -0.3 is 9.64 Å². The molecule has 3 rings (SSSR count). The molecule has 22 heavy (non-hydrogen) atoms. The van der Waals surface area contributed by atoms with Crippen molar-refractivity contribution in [2.75, 3.05) is 26.0 Å². The van der Waals surface area contributed by atoms with Crippen LogP contribution in [0.5, 0.6) is 0 Å². The summed E-state index contributed by atoms with van der Waals surface area (Å²) in [6.45, 7) is 1.37. The monoisotopic (exact) mass is 337 g/mol. The van der Waals surface area contributed by atoms with Gasteiger partial charge in [0.2, 0.25) is 0 Å². The molecule has 116 valence electrons. The van der Waals surface area contributed by atoms with Crippen LogP contribution in [0.4, 0.5) is 0 Å². The molecule has 0 N–H and O–H groups in total. The van der Waals surface area contributed by atoms with Crippen LogP contribution < -0.4 is 0 Å². The zero-order valence-electron chi connectivity index (χ0n) is 12.0. The lowest BCUT2D eigenvalue weighted by Gasteiger charge is -2.16. The summed E-state index contributed by atoms with van der Waals surface area (Å²) >= 11 is 2.69. The van der Waals surface area contributed by atoms with Gasteiger partial charge in [-0.05, 0) is 24.6 Å². The summed E-state index contributed by atoms with van der Waals surface area (Å²) in [5.41, 5.74) is 2.21. The van der Waals surface area contributed by atoms with Gasteiger partial charge in [0.05, 0.1) is 24.6 Å². The van der Waals surface area contributed by atoms with E-state index in [0.29, 0.717) is 24.4 Å². The van der Waals surface area contributed by atoms with Crippen LogP contribution >= 0.6 is 23.5 Å². The van der Waals surface area contributed by atoms with Crippen LogP contribution in [0.1, 0.15) is 16.8 Å². The highest BCUT2D eigenvalue weighted by Gasteiger charge is 2.28. The Bertz CT molecular complexity index is 703. The van der Waals surface area contributed by atoms with Crippen molar-refractivity contribution < 1.29 is 14.3 Å². The van der Waals surface area contributed by atoms with E-state index in [1.165, 1.54) is 7.11 Å². The number of methoxy groups -OCH3 is 1. The molecule has 1 amide bonds. The lowest BCUT2D eigenvalue weighted by Crippen LogP contribution is -2.29. The molecule has 1 saturated heterocycles. The third kappa shape index (κ3) is 3.22. The summed E-state index contributed by atoms with van der Waals surface area (Å²) in [6, 6.07) is 5.41. The lowest BCUT2D eigenvalue weighted by atomic mass is 10.2. The molecular formula is C14H15N3O3S2. The number of aromatic nitrogens is 2. The number of thioether (sulfide) groups is 1. The summed E-state index contributed by atoms with van der Waals surface area (Å²) in [7, 11) is 1.39. The predicted molar refractivity (Wildman–Crippen MR) is 86.2 cm³/mol. The van der Waals surface area contributed by atoms with Gasteiger partial charge in [-0.15, -0.1) is 11.8 Å². The summed E-state index contributed by atoms with van der Waals surface area (Å²) in [4.78, 5) is 25.5. The molecule has 1 fully saturated rings. The zero-order valence-corrected chi connectivity index (χ0v) is 13.7. The first-order valence-electron chi connectivity index (χ1n) is 6.87. The van der Waals surface area contributed by atoms with Crippen molar-refractivity contribution in [3.8, 4) is 0 Å². The number of ether oxygens (including phenoxy) is 1. The molecular weight excluding hydrogens is 322 g/mol. The van der Waals surface area contributed by atoms with Crippen LogP contribution in [0, 0.1) is 0 Å². The minimum Gasteiger partial charge on any atom is -0.468 e. The zero-order chi connectivity index (χ0) is 15.5. The van der Waals surface area contributed by atoms with E-state index in [1.807, 2.05) is 11.0 Å². The second-order valence-corrected chi connectivity index (χ2v) is 6.83. The molecule has 0 radical (unpaired) electrons. The number of fused-ring (bicyclic) bond motifs is 1. The number of nitrogens with zero attached hydrogens (tertiary/aromatic N) is 3. The maximum Gasteiger partial charge on any atom is 0.315 e. The van der Waals surface area contributed by atoms with Crippen molar-refractivity contribution in [1.82, 2.24) is 13.6 Å². The highest BCUT2D eigenvalue weighted by Crippen LogP contribution is 2.24. The standard InChI is InChI=1S/C14H15N3O3S2/c1-20-13(18)8-21-10-4-5-17(7-10)14(19)9-2-3-11-12(6-9)16-22-15-11/h2-3,6,10H,4-5,7-8H2,1H3/t10-/m1/s1. The summed E-state index contributed by atoms with van der Waals surface area (Å²) in [6.07, 6.45) is 0.897. The van der Waals surface area contributed by atoms with Gasteiger partial charge in [0.15, 0.2) is 0 Å².